The van der Waals surface area contributed by atoms with E-state index in [9.17, 15) is 4.79 Å². The molecule has 3 aromatic rings. The van der Waals surface area contributed by atoms with E-state index in [1.165, 1.54) is 0 Å². The molecule has 0 saturated carbocycles. The summed E-state index contributed by atoms with van der Waals surface area (Å²) in [6.45, 7) is 2.89. The van der Waals surface area contributed by atoms with Gasteiger partial charge in [0.15, 0.2) is 0 Å². The molecule has 0 N–H and O–H groups in total. The van der Waals surface area contributed by atoms with Crippen LogP contribution in [0.15, 0.2) is 41.4 Å². The first kappa shape index (κ1) is 17.0. The van der Waals surface area contributed by atoms with E-state index in [-0.39, 0.29) is 5.91 Å². The average molecular weight is 415 g/mol. The van der Waals surface area contributed by atoms with Crippen molar-refractivity contribution < 1.29 is 4.79 Å². The van der Waals surface area contributed by atoms with Gasteiger partial charge in [0.05, 0.1) is 11.8 Å². The Morgan fingerprint density at radius 3 is 2.85 bits per heavy atom. The van der Waals surface area contributed by atoms with Crippen molar-refractivity contribution in [3.05, 3.63) is 47.1 Å². The minimum Gasteiger partial charge on any atom is -0.340 e. The Labute approximate surface area is 159 Å². The Morgan fingerprint density at radius 1 is 1.15 bits per heavy atom. The summed E-state index contributed by atoms with van der Waals surface area (Å²) in [5, 5.41) is 1.00. The molecule has 26 heavy (non-hydrogen) atoms. The molecule has 1 aromatic carbocycles. The van der Waals surface area contributed by atoms with Crippen LogP contribution in [0.2, 0.25) is 0 Å². The first-order chi connectivity index (χ1) is 12.6. The maximum atomic E-state index is 12.6. The van der Waals surface area contributed by atoms with Gasteiger partial charge in [0.2, 0.25) is 5.95 Å². The van der Waals surface area contributed by atoms with Crippen LogP contribution in [0.3, 0.4) is 0 Å². The van der Waals surface area contributed by atoms with Gasteiger partial charge >= 0.3 is 0 Å². The van der Waals surface area contributed by atoms with Crippen molar-refractivity contribution in [2.75, 3.05) is 31.1 Å². The monoisotopic (exact) mass is 414 g/mol. The summed E-state index contributed by atoms with van der Waals surface area (Å²) in [5.74, 6) is 0.698. The highest BCUT2D eigenvalue weighted by atomic mass is 79.9. The number of rotatable bonds is 2. The molecule has 134 valence electrons. The lowest BCUT2D eigenvalue weighted by molar-refractivity contribution is 0.0761. The zero-order valence-electron chi connectivity index (χ0n) is 14.5. The van der Waals surface area contributed by atoms with Crippen LogP contribution in [0.1, 0.15) is 16.9 Å². The fourth-order valence-electron chi connectivity index (χ4n) is 3.15. The van der Waals surface area contributed by atoms with E-state index >= 15 is 0 Å². The van der Waals surface area contributed by atoms with Crippen LogP contribution in [-0.4, -0.2) is 56.5 Å². The van der Waals surface area contributed by atoms with E-state index in [4.69, 9.17) is 0 Å². The largest absolute Gasteiger partial charge is 0.340 e. The molecule has 0 unspecified atom stereocenters. The smallest absolute Gasteiger partial charge is 0.274 e. The Morgan fingerprint density at radius 2 is 2.04 bits per heavy atom. The van der Waals surface area contributed by atoms with Crippen LogP contribution in [0.4, 0.5) is 5.95 Å². The summed E-state index contributed by atoms with van der Waals surface area (Å²) in [6, 6.07) is 5.98. The third-order valence-corrected chi connectivity index (χ3v) is 5.01. The summed E-state index contributed by atoms with van der Waals surface area (Å²) in [5.41, 5.74) is 1.41. The van der Waals surface area contributed by atoms with Crippen LogP contribution in [0, 0.1) is 0 Å². The predicted molar refractivity (Wildman–Crippen MR) is 103 cm³/mol. The number of carbonyl (C=O) groups excluding carboxylic acids is 1. The van der Waals surface area contributed by atoms with E-state index in [2.05, 4.69) is 35.8 Å². The quantitative estimate of drug-likeness (QED) is 0.644. The number of anilines is 1. The molecule has 8 heteroatoms. The normalized spacial score (nSPS) is 15.3. The Balaban J connectivity index is 1.50. The van der Waals surface area contributed by atoms with Gasteiger partial charge in [-0.2, -0.15) is 0 Å². The maximum Gasteiger partial charge on any atom is 0.274 e. The van der Waals surface area contributed by atoms with E-state index in [1.54, 1.807) is 17.1 Å². The summed E-state index contributed by atoms with van der Waals surface area (Å²) in [6.07, 6.45) is 6.14. The number of nitrogens with zero attached hydrogens (tertiary/aromatic N) is 6. The molecule has 4 rings (SSSR count). The molecule has 7 nitrogen and oxygen atoms in total. The topological polar surface area (TPSA) is 67.2 Å². The Kier molecular flexibility index (Phi) is 4.58. The van der Waals surface area contributed by atoms with E-state index in [0.29, 0.717) is 31.3 Å². The molecule has 0 bridgehead atoms. The number of aromatic nitrogens is 4. The fraction of sp³-hybridized carbons (Fsp3) is 0.333. The molecule has 2 aromatic heterocycles. The fourth-order valence-corrected chi connectivity index (χ4v) is 3.53. The number of imidazole rings is 1. The number of carbonyl (C=O) groups is 1. The highest BCUT2D eigenvalue weighted by Crippen LogP contribution is 2.20. The van der Waals surface area contributed by atoms with Gasteiger partial charge in [0.1, 0.15) is 5.69 Å². The number of halogens is 1. The second-order valence-electron chi connectivity index (χ2n) is 6.43. The second-order valence-corrected chi connectivity index (χ2v) is 7.35. The molecule has 1 amide bonds. The second kappa shape index (κ2) is 7.03. The number of hydrogen-bond donors (Lipinski definition) is 0. The van der Waals surface area contributed by atoms with Crippen LogP contribution in [-0.2, 0) is 7.05 Å². The van der Waals surface area contributed by atoms with Crippen molar-refractivity contribution in [1.82, 2.24) is 24.4 Å². The maximum absolute atomic E-state index is 12.6. The van der Waals surface area contributed by atoms with Crippen molar-refractivity contribution in [2.45, 2.75) is 6.42 Å². The predicted octanol–water partition coefficient (Wildman–Crippen LogP) is 2.48. The van der Waals surface area contributed by atoms with Crippen molar-refractivity contribution >= 4 is 38.7 Å². The molecule has 3 heterocycles. The number of hydrogen-bond acceptors (Lipinski definition) is 5. The number of amides is 1. The van der Waals surface area contributed by atoms with Crippen LogP contribution >= 0.6 is 15.9 Å². The lowest BCUT2D eigenvalue weighted by Crippen LogP contribution is -2.35. The molecular formula is C18H19BrN6O. The van der Waals surface area contributed by atoms with Gasteiger partial charge < -0.3 is 14.4 Å². The van der Waals surface area contributed by atoms with Gasteiger partial charge in [-0.1, -0.05) is 15.9 Å². The van der Waals surface area contributed by atoms with Gasteiger partial charge in [-0.05, 0) is 24.6 Å². The Bertz CT molecular complexity index is 956. The third kappa shape index (κ3) is 3.41. The van der Waals surface area contributed by atoms with Crippen LogP contribution < -0.4 is 4.90 Å². The SMILES string of the molecule is Cn1cnc(C(=O)N2CCCN(c3ncc4cc(Br)ccc4n3)CC2)c1. The molecule has 1 aliphatic rings. The Hall–Kier alpha value is -2.48. The minimum absolute atomic E-state index is 0.0169. The van der Waals surface area contributed by atoms with Crippen LogP contribution in [0.5, 0.6) is 0 Å². The lowest BCUT2D eigenvalue weighted by atomic mass is 10.2. The third-order valence-electron chi connectivity index (χ3n) is 4.52. The number of benzene rings is 1. The average Bonchev–Trinajstić information content (AvgIpc) is 2.93. The standard InChI is InChI=1S/C18H19BrN6O/c1-23-11-16(21-12-23)17(26)24-5-2-6-25(8-7-24)18-20-10-13-9-14(19)3-4-15(13)22-18/h3-4,9-12H,2,5-8H2,1H3. The van der Waals surface area contributed by atoms with Crippen molar-refractivity contribution in [2.24, 2.45) is 7.05 Å². The zero-order valence-corrected chi connectivity index (χ0v) is 16.1. The highest BCUT2D eigenvalue weighted by molar-refractivity contribution is 9.10. The summed E-state index contributed by atoms with van der Waals surface area (Å²) < 4.78 is 2.80. The van der Waals surface area contributed by atoms with Crippen molar-refractivity contribution in [1.29, 1.82) is 0 Å². The van der Waals surface area contributed by atoms with Gasteiger partial charge in [0.25, 0.3) is 5.91 Å². The first-order valence-corrected chi connectivity index (χ1v) is 9.34. The van der Waals surface area contributed by atoms with E-state index in [0.717, 1.165) is 28.3 Å². The zero-order chi connectivity index (χ0) is 18.1. The lowest BCUT2D eigenvalue weighted by Gasteiger charge is -2.21. The van der Waals surface area contributed by atoms with E-state index < -0.39 is 0 Å². The summed E-state index contributed by atoms with van der Waals surface area (Å²) >= 11 is 3.47. The summed E-state index contributed by atoms with van der Waals surface area (Å²) in [7, 11) is 1.86. The minimum atomic E-state index is -0.0169. The molecule has 1 fully saturated rings. The number of aryl methyl sites for hydroxylation is 1. The molecule has 0 aliphatic carbocycles. The molecule has 0 atom stereocenters. The number of fused-ring (bicyclic) bond motifs is 1. The van der Waals surface area contributed by atoms with Gasteiger partial charge in [-0.25, -0.2) is 15.0 Å². The molecule has 0 radical (unpaired) electrons. The van der Waals surface area contributed by atoms with Crippen molar-refractivity contribution in [3.63, 3.8) is 0 Å². The molecule has 1 saturated heterocycles. The van der Waals surface area contributed by atoms with E-state index in [1.807, 2.05) is 36.3 Å². The molecule has 1 aliphatic heterocycles. The molecule has 0 spiro atoms. The van der Waals surface area contributed by atoms with Gasteiger partial charge in [-0.15, -0.1) is 0 Å². The van der Waals surface area contributed by atoms with Gasteiger partial charge in [0, 0.05) is 55.5 Å². The first-order valence-electron chi connectivity index (χ1n) is 8.55. The van der Waals surface area contributed by atoms with Crippen molar-refractivity contribution in [3.8, 4) is 0 Å². The molecular weight excluding hydrogens is 396 g/mol. The summed E-state index contributed by atoms with van der Waals surface area (Å²) in [4.78, 5) is 30.0. The van der Waals surface area contributed by atoms with Gasteiger partial charge in [-0.3, -0.25) is 4.79 Å². The highest BCUT2D eigenvalue weighted by Gasteiger charge is 2.22. The van der Waals surface area contributed by atoms with Crippen LogP contribution in [0.25, 0.3) is 10.9 Å².